The molecular formula is C18H23N5O3. The number of carbonyl (C=O) groups excluding carboxylic acids is 2. The molecule has 1 aliphatic rings. The van der Waals surface area contributed by atoms with E-state index in [1.165, 1.54) is 0 Å². The fraction of sp³-hybridized carbons (Fsp3) is 0.333. The van der Waals surface area contributed by atoms with Crippen molar-refractivity contribution < 1.29 is 14.3 Å². The van der Waals surface area contributed by atoms with Gasteiger partial charge in [0.2, 0.25) is 0 Å². The molecule has 1 fully saturated rings. The van der Waals surface area contributed by atoms with Gasteiger partial charge in [-0.15, -0.1) is 0 Å². The number of nitrogens with zero attached hydrogens (tertiary/aromatic N) is 1. The second-order valence-electron chi connectivity index (χ2n) is 6.47. The third-order valence-corrected chi connectivity index (χ3v) is 4.52. The molecule has 2 aromatic carbocycles. The molecule has 1 aliphatic heterocycles. The number of hydrogen-bond acceptors (Lipinski definition) is 6. The maximum Gasteiger partial charge on any atom is 0.266 e. The summed E-state index contributed by atoms with van der Waals surface area (Å²) in [5.41, 5.74) is 5.45. The largest absolute Gasteiger partial charge is 0.372 e. The highest BCUT2D eigenvalue weighted by Gasteiger charge is 2.27. The Morgan fingerprint density at radius 3 is 2.19 bits per heavy atom. The number of nitrogen functional groups attached to an aromatic ring is 2. The van der Waals surface area contributed by atoms with Crippen molar-refractivity contribution in [1.82, 2.24) is 10.9 Å². The normalized spacial score (nSPS) is 20.1. The molecule has 138 valence electrons. The Hall–Kier alpha value is -2.68. The first-order valence-electron chi connectivity index (χ1n) is 8.44. The predicted octanol–water partition coefficient (Wildman–Crippen LogP) is 0.660. The fourth-order valence-corrected chi connectivity index (χ4v) is 3.57. The van der Waals surface area contributed by atoms with E-state index in [4.69, 9.17) is 16.4 Å². The number of ether oxygens (including phenoxy) is 1. The lowest BCUT2D eigenvalue weighted by Crippen LogP contribution is -2.45. The second-order valence-corrected chi connectivity index (χ2v) is 6.47. The molecule has 6 N–H and O–H groups in total. The van der Waals surface area contributed by atoms with Gasteiger partial charge in [0.1, 0.15) is 0 Å². The van der Waals surface area contributed by atoms with Crippen LogP contribution in [0.5, 0.6) is 0 Å². The molecular weight excluding hydrogens is 334 g/mol. The predicted molar refractivity (Wildman–Crippen MR) is 99.5 cm³/mol. The molecule has 26 heavy (non-hydrogen) atoms. The van der Waals surface area contributed by atoms with Crippen LogP contribution in [0.25, 0.3) is 10.8 Å². The maximum atomic E-state index is 12.4. The number of nitrogens with two attached hydrogens (primary N) is 2. The van der Waals surface area contributed by atoms with Crippen molar-refractivity contribution in [2.45, 2.75) is 26.1 Å². The molecule has 0 aliphatic carbocycles. The fourth-order valence-electron chi connectivity index (χ4n) is 3.57. The summed E-state index contributed by atoms with van der Waals surface area (Å²) >= 11 is 0. The van der Waals surface area contributed by atoms with Crippen LogP contribution in [0.15, 0.2) is 30.3 Å². The Morgan fingerprint density at radius 1 is 1.04 bits per heavy atom. The minimum atomic E-state index is -0.551. The molecule has 8 nitrogen and oxygen atoms in total. The van der Waals surface area contributed by atoms with Gasteiger partial charge in [0.25, 0.3) is 11.8 Å². The molecule has 0 bridgehead atoms. The number of amides is 2. The van der Waals surface area contributed by atoms with Crippen LogP contribution in [0.4, 0.5) is 5.69 Å². The van der Waals surface area contributed by atoms with E-state index in [0.29, 0.717) is 18.5 Å². The van der Waals surface area contributed by atoms with Gasteiger partial charge < -0.3 is 9.64 Å². The van der Waals surface area contributed by atoms with E-state index in [9.17, 15) is 9.59 Å². The van der Waals surface area contributed by atoms with Crippen molar-refractivity contribution in [3.05, 3.63) is 41.5 Å². The van der Waals surface area contributed by atoms with Crippen LogP contribution in [-0.2, 0) is 4.74 Å². The molecule has 0 radical (unpaired) electrons. The van der Waals surface area contributed by atoms with E-state index in [1.54, 1.807) is 12.1 Å². The van der Waals surface area contributed by atoms with Crippen LogP contribution in [0, 0.1) is 0 Å². The van der Waals surface area contributed by atoms with Gasteiger partial charge in [-0.3, -0.25) is 20.4 Å². The lowest BCUT2D eigenvalue weighted by Gasteiger charge is -2.37. The van der Waals surface area contributed by atoms with Crippen LogP contribution in [0.2, 0.25) is 0 Å². The number of carbonyl (C=O) groups is 2. The van der Waals surface area contributed by atoms with Crippen molar-refractivity contribution in [2.24, 2.45) is 11.7 Å². The van der Waals surface area contributed by atoms with Crippen LogP contribution in [0.1, 0.15) is 34.6 Å². The standard InChI is InChI=1S/C18H23N5O3/c1-10-8-23(9-11(2)26-10)15-7-14(17(24)21-19)16(18(25)22-20)13-6-4-3-5-12(13)15/h3-7,10-11H,8-9,19-20H2,1-2H3,(H,21,24)(H,22,25). The Morgan fingerprint density at radius 2 is 1.62 bits per heavy atom. The molecule has 2 aromatic rings. The van der Waals surface area contributed by atoms with Gasteiger partial charge in [-0.05, 0) is 25.3 Å². The summed E-state index contributed by atoms with van der Waals surface area (Å²) in [6, 6.07) is 9.12. The molecule has 3 rings (SSSR count). The van der Waals surface area contributed by atoms with Crippen molar-refractivity contribution in [1.29, 1.82) is 0 Å². The summed E-state index contributed by atoms with van der Waals surface area (Å²) in [7, 11) is 0. The number of fused-ring (bicyclic) bond motifs is 1. The van der Waals surface area contributed by atoms with Crippen molar-refractivity contribution in [2.75, 3.05) is 18.0 Å². The van der Waals surface area contributed by atoms with E-state index in [2.05, 4.69) is 15.8 Å². The highest BCUT2D eigenvalue weighted by molar-refractivity contribution is 6.18. The van der Waals surface area contributed by atoms with Gasteiger partial charge >= 0.3 is 0 Å². The highest BCUT2D eigenvalue weighted by atomic mass is 16.5. The van der Waals surface area contributed by atoms with Crippen LogP contribution in [0.3, 0.4) is 0 Å². The third kappa shape index (κ3) is 3.22. The Labute approximate surface area is 151 Å². The zero-order chi connectivity index (χ0) is 18.8. The monoisotopic (exact) mass is 357 g/mol. The summed E-state index contributed by atoms with van der Waals surface area (Å²) in [6.45, 7) is 5.38. The SMILES string of the molecule is CC1CN(c2cc(C(=O)NN)c(C(=O)NN)c3ccccc23)CC(C)O1. The van der Waals surface area contributed by atoms with E-state index < -0.39 is 11.8 Å². The van der Waals surface area contributed by atoms with Gasteiger partial charge in [0, 0.05) is 24.2 Å². The van der Waals surface area contributed by atoms with E-state index in [-0.39, 0.29) is 23.3 Å². The quantitative estimate of drug-likeness (QED) is 0.364. The summed E-state index contributed by atoms with van der Waals surface area (Å²) in [4.78, 5) is 26.9. The van der Waals surface area contributed by atoms with Crippen LogP contribution in [-0.4, -0.2) is 37.1 Å². The highest BCUT2D eigenvalue weighted by Crippen LogP contribution is 2.34. The van der Waals surface area contributed by atoms with E-state index >= 15 is 0 Å². The number of anilines is 1. The minimum absolute atomic E-state index is 0.0521. The van der Waals surface area contributed by atoms with Gasteiger partial charge in [-0.2, -0.15) is 0 Å². The van der Waals surface area contributed by atoms with Gasteiger partial charge in [-0.1, -0.05) is 24.3 Å². The minimum Gasteiger partial charge on any atom is -0.372 e. The van der Waals surface area contributed by atoms with Gasteiger partial charge in [0.05, 0.1) is 23.3 Å². The number of rotatable bonds is 3. The van der Waals surface area contributed by atoms with Crippen molar-refractivity contribution in [3.8, 4) is 0 Å². The molecule has 0 spiro atoms. The number of hydrogen-bond donors (Lipinski definition) is 4. The molecule has 0 aromatic heterocycles. The summed E-state index contributed by atoms with van der Waals surface area (Å²) in [5, 5.41) is 1.50. The summed E-state index contributed by atoms with van der Waals surface area (Å²) < 4.78 is 5.81. The molecule has 1 saturated heterocycles. The Balaban J connectivity index is 2.27. The average molecular weight is 357 g/mol. The third-order valence-electron chi connectivity index (χ3n) is 4.52. The zero-order valence-corrected chi connectivity index (χ0v) is 14.8. The lowest BCUT2D eigenvalue weighted by molar-refractivity contribution is -0.00513. The lowest BCUT2D eigenvalue weighted by atomic mass is 9.95. The van der Waals surface area contributed by atoms with Crippen LogP contribution < -0.4 is 27.4 Å². The second kappa shape index (κ2) is 7.28. The van der Waals surface area contributed by atoms with Crippen molar-refractivity contribution in [3.63, 3.8) is 0 Å². The van der Waals surface area contributed by atoms with E-state index in [0.717, 1.165) is 11.1 Å². The van der Waals surface area contributed by atoms with Gasteiger partial charge in [0.15, 0.2) is 0 Å². The molecule has 1 heterocycles. The number of morpholine rings is 1. The number of nitrogens with one attached hydrogen (secondary N) is 2. The topological polar surface area (TPSA) is 123 Å². The maximum absolute atomic E-state index is 12.4. The average Bonchev–Trinajstić information content (AvgIpc) is 2.64. The zero-order valence-electron chi connectivity index (χ0n) is 14.8. The molecule has 2 amide bonds. The van der Waals surface area contributed by atoms with E-state index in [1.807, 2.05) is 32.0 Å². The smallest absolute Gasteiger partial charge is 0.266 e. The summed E-state index contributed by atoms with van der Waals surface area (Å²) in [5.74, 6) is 9.57. The molecule has 2 atom stereocenters. The first-order valence-corrected chi connectivity index (χ1v) is 8.44. The Bertz CT molecular complexity index is 844. The Kier molecular flexibility index (Phi) is 5.08. The molecule has 0 saturated carbocycles. The van der Waals surface area contributed by atoms with Crippen LogP contribution >= 0.6 is 0 Å². The number of benzene rings is 2. The molecule has 8 heteroatoms. The summed E-state index contributed by atoms with van der Waals surface area (Å²) in [6.07, 6.45) is 0.104. The molecule has 2 unspecified atom stereocenters. The van der Waals surface area contributed by atoms with Gasteiger partial charge in [-0.25, -0.2) is 11.7 Å². The van der Waals surface area contributed by atoms with Crippen molar-refractivity contribution >= 4 is 28.3 Å². The first kappa shape index (κ1) is 18.1. The number of hydrazine groups is 2. The first-order chi connectivity index (χ1) is 12.5.